The van der Waals surface area contributed by atoms with Crippen LogP contribution < -0.4 is 0 Å². The zero-order valence-electron chi connectivity index (χ0n) is 31.0. The van der Waals surface area contributed by atoms with Crippen LogP contribution in [0.1, 0.15) is 72.8 Å². The molecule has 266 valence electrons. The van der Waals surface area contributed by atoms with E-state index >= 15 is 0 Å². The largest absolute Gasteiger partial charge is 0.213 e. The van der Waals surface area contributed by atoms with Crippen molar-refractivity contribution in [1.29, 1.82) is 0 Å². The van der Waals surface area contributed by atoms with Crippen molar-refractivity contribution in [3.8, 4) is 22.5 Å². The molecule has 1 heterocycles. The van der Waals surface area contributed by atoms with Crippen molar-refractivity contribution >= 4 is 5.57 Å². The Kier molecular flexibility index (Phi) is 7.76. The molecule has 3 nitrogen and oxygen atoms in total. The average Bonchev–Trinajstić information content (AvgIpc) is 3.57. The summed E-state index contributed by atoms with van der Waals surface area (Å²) in [7, 11) is 0. The van der Waals surface area contributed by atoms with Crippen LogP contribution in [0, 0.1) is 17.8 Å². The van der Waals surface area contributed by atoms with Crippen molar-refractivity contribution in [2.24, 2.45) is 17.8 Å². The van der Waals surface area contributed by atoms with E-state index in [0.29, 0.717) is 17.8 Å². The monoisotopic (exact) mass is 709 g/mol. The van der Waals surface area contributed by atoms with Crippen molar-refractivity contribution < 1.29 is 0 Å². The van der Waals surface area contributed by atoms with Crippen LogP contribution in [-0.2, 0) is 5.41 Å². The lowest BCUT2D eigenvalue weighted by atomic mass is 9.64. The van der Waals surface area contributed by atoms with Gasteiger partial charge in [0.25, 0.3) is 0 Å². The van der Waals surface area contributed by atoms with E-state index in [4.69, 9.17) is 15.0 Å². The van der Waals surface area contributed by atoms with Gasteiger partial charge in [0.1, 0.15) is 5.82 Å². The van der Waals surface area contributed by atoms with Crippen molar-refractivity contribution in [2.45, 2.75) is 49.9 Å². The third kappa shape index (κ3) is 5.20. The number of benzene rings is 3. The summed E-state index contributed by atoms with van der Waals surface area (Å²) in [5.41, 5.74) is 14.0. The predicted molar refractivity (Wildman–Crippen MR) is 224 cm³/mol. The number of fused-ring (bicyclic) bond motifs is 7. The first-order valence-corrected chi connectivity index (χ1v) is 20.2. The first-order valence-electron chi connectivity index (χ1n) is 20.2. The molecule has 0 radical (unpaired) electrons. The number of allylic oxidation sites excluding steroid dienone is 20. The maximum absolute atomic E-state index is 5.40. The van der Waals surface area contributed by atoms with Gasteiger partial charge in [-0.2, -0.15) is 0 Å². The molecular weight excluding hydrogens is 667 g/mol. The van der Waals surface area contributed by atoms with E-state index < -0.39 is 5.41 Å². The maximum atomic E-state index is 5.40. The standard InChI is InChI=1S/C52H43N3/c1-4-15-36(16-5-1)49-53-50(37-25-24-35-27-29-42-41-21-11-10-14-34(41)26-30-43(42)46(35)32-37)55-51(54-49)38-28-31-45-44-22-12-13-23-47(44)52(48(45)33-38,39-17-6-2-7-18-39)40-19-8-3-9-20-40/h1-2,4-8,10-15,17-20,22-23,26-33,36,41-43H,3,9,16,21,24-25H2. The molecule has 0 amide bonds. The molecule has 0 aliphatic heterocycles. The van der Waals surface area contributed by atoms with Crippen LogP contribution >= 0.6 is 0 Å². The molecule has 5 unspecified atom stereocenters. The molecule has 7 aliphatic rings. The molecule has 55 heavy (non-hydrogen) atoms. The number of nitrogens with zero attached hydrogens (tertiary/aromatic N) is 3. The second-order valence-corrected chi connectivity index (χ2v) is 16.0. The van der Waals surface area contributed by atoms with E-state index in [2.05, 4.69) is 164 Å². The Hall–Kier alpha value is -5.93. The van der Waals surface area contributed by atoms with E-state index in [1.54, 1.807) is 0 Å². The van der Waals surface area contributed by atoms with Gasteiger partial charge in [0.15, 0.2) is 11.6 Å². The summed E-state index contributed by atoms with van der Waals surface area (Å²) in [6.07, 6.45) is 40.9. The number of hydrogen-bond donors (Lipinski definition) is 0. The minimum absolute atomic E-state index is 0.108. The first kappa shape index (κ1) is 32.5. The smallest absolute Gasteiger partial charge is 0.163 e. The molecule has 4 aromatic rings. The van der Waals surface area contributed by atoms with E-state index in [9.17, 15) is 0 Å². The fraction of sp³-hybridized carbons (Fsp3) is 0.212. The van der Waals surface area contributed by atoms with E-state index in [0.717, 1.165) is 61.6 Å². The molecular formula is C52H43N3. The summed E-state index contributed by atoms with van der Waals surface area (Å²) in [6.45, 7) is 0. The summed E-state index contributed by atoms with van der Waals surface area (Å²) in [5, 5.41) is 0. The quantitative estimate of drug-likeness (QED) is 0.207. The highest BCUT2D eigenvalue weighted by Crippen LogP contribution is 2.57. The van der Waals surface area contributed by atoms with Gasteiger partial charge in [-0.1, -0.05) is 158 Å². The van der Waals surface area contributed by atoms with Crippen molar-refractivity contribution in [3.05, 3.63) is 215 Å². The highest BCUT2D eigenvalue weighted by Gasteiger charge is 2.47. The van der Waals surface area contributed by atoms with Gasteiger partial charge in [0, 0.05) is 17.4 Å². The summed E-state index contributed by atoms with van der Waals surface area (Å²) in [4.78, 5) is 16.0. The fourth-order valence-electron chi connectivity index (χ4n) is 10.4. The van der Waals surface area contributed by atoms with Gasteiger partial charge in [0.05, 0.1) is 5.41 Å². The average molecular weight is 710 g/mol. The van der Waals surface area contributed by atoms with Gasteiger partial charge >= 0.3 is 0 Å². The second kappa shape index (κ2) is 13.1. The molecule has 0 fully saturated rings. The van der Waals surface area contributed by atoms with E-state index in [1.807, 2.05) is 0 Å². The molecule has 11 rings (SSSR count). The van der Waals surface area contributed by atoms with E-state index in [1.165, 1.54) is 55.7 Å². The molecule has 0 saturated carbocycles. The van der Waals surface area contributed by atoms with Gasteiger partial charge in [0.2, 0.25) is 0 Å². The molecule has 0 spiro atoms. The lowest BCUT2D eigenvalue weighted by Gasteiger charge is -2.40. The topological polar surface area (TPSA) is 38.7 Å². The van der Waals surface area contributed by atoms with Crippen LogP contribution in [-0.4, -0.2) is 15.0 Å². The highest BCUT2D eigenvalue weighted by atomic mass is 15.0. The Morgan fingerprint density at radius 2 is 1.53 bits per heavy atom. The molecule has 3 aromatic carbocycles. The second-order valence-electron chi connectivity index (χ2n) is 16.0. The van der Waals surface area contributed by atoms with Crippen molar-refractivity contribution in [2.75, 3.05) is 0 Å². The Morgan fingerprint density at radius 1 is 0.655 bits per heavy atom. The zero-order valence-corrected chi connectivity index (χ0v) is 31.0. The lowest BCUT2D eigenvalue weighted by molar-refractivity contribution is 0.379. The van der Waals surface area contributed by atoms with Gasteiger partial charge in [-0.3, -0.25) is 0 Å². The molecule has 0 N–H and O–H groups in total. The number of rotatable bonds is 5. The Bertz CT molecular complexity index is 2570. The van der Waals surface area contributed by atoms with Crippen LogP contribution in [0.25, 0.3) is 28.1 Å². The number of aromatic nitrogens is 3. The third-order valence-electron chi connectivity index (χ3n) is 13.1. The van der Waals surface area contributed by atoms with Crippen molar-refractivity contribution in [3.63, 3.8) is 0 Å². The van der Waals surface area contributed by atoms with Crippen molar-refractivity contribution in [1.82, 2.24) is 15.0 Å². The van der Waals surface area contributed by atoms with Crippen LogP contribution in [0.2, 0.25) is 0 Å². The summed E-state index contributed by atoms with van der Waals surface area (Å²) in [5.74, 6) is 3.92. The Balaban J connectivity index is 1.07. The summed E-state index contributed by atoms with van der Waals surface area (Å²) in [6, 6.07) is 27.0. The van der Waals surface area contributed by atoms with Crippen LogP contribution in [0.4, 0.5) is 0 Å². The molecule has 7 aliphatic carbocycles. The molecule has 0 saturated heterocycles. The van der Waals surface area contributed by atoms with Crippen LogP contribution in [0.5, 0.6) is 0 Å². The molecule has 3 heteroatoms. The van der Waals surface area contributed by atoms with Gasteiger partial charge in [-0.05, 0) is 112 Å². The predicted octanol–water partition coefficient (Wildman–Crippen LogP) is 12.1. The summed E-state index contributed by atoms with van der Waals surface area (Å²) >= 11 is 0. The first-order chi connectivity index (χ1) is 27.3. The molecule has 1 aromatic heterocycles. The Morgan fingerprint density at radius 3 is 2.42 bits per heavy atom. The highest BCUT2D eigenvalue weighted by molar-refractivity contribution is 5.88. The van der Waals surface area contributed by atoms with Gasteiger partial charge < -0.3 is 0 Å². The normalized spacial score (nSPS) is 26.7. The third-order valence-corrected chi connectivity index (χ3v) is 13.1. The molecule has 0 bridgehead atoms. The van der Waals surface area contributed by atoms with Crippen LogP contribution in [0.15, 0.2) is 186 Å². The molecule has 5 atom stereocenters. The minimum Gasteiger partial charge on any atom is -0.213 e. The maximum Gasteiger partial charge on any atom is 0.163 e. The van der Waals surface area contributed by atoms with Gasteiger partial charge in [-0.15, -0.1) is 0 Å². The van der Waals surface area contributed by atoms with Crippen LogP contribution in [0.3, 0.4) is 0 Å². The summed E-state index contributed by atoms with van der Waals surface area (Å²) < 4.78 is 0. The lowest BCUT2D eigenvalue weighted by Crippen LogP contribution is -2.30. The Labute approximate surface area is 324 Å². The fourth-order valence-corrected chi connectivity index (χ4v) is 10.4. The number of hydrogen-bond acceptors (Lipinski definition) is 3. The van der Waals surface area contributed by atoms with Gasteiger partial charge in [-0.25, -0.2) is 15.0 Å². The minimum atomic E-state index is -0.438. The zero-order chi connectivity index (χ0) is 36.3. The van der Waals surface area contributed by atoms with E-state index in [-0.39, 0.29) is 5.92 Å². The SMILES string of the molecule is C1=CCC(c2nc(C3=CC4=C(C=CC5C4C=CC4=CC=CCC45)CC3)nc(-c3ccc4c(c3)C(C3=CCCC=C3)(c3ccccc3)c3ccccc3-4)n2)C=C1.